The fourth-order valence-electron chi connectivity index (χ4n) is 5.23. The number of ether oxygens (including phenoxy) is 1. The van der Waals surface area contributed by atoms with Crippen LogP contribution < -0.4 is 5.63 Å². The number of aromatic nitrogens is 1. The molecular weight excluding hydrogens is 559 g/mol. The molecule has 9 heteroatoms. The van der Waals surface area contributed by atoms with Crippen molar-refractivity contribution in [3.63, 3.8) is 0 Å². The molecule has 6 nitrogen and oxygen atoms in total. The average Bonchev–Trinajstić information content (AvgIpc) is 2.90. The molecule has 4 aromatic rings. The number of phenolic OH excluding ortho intramolecular Hbond substituents is 1. The Balaban J connectivity index is 2.12. The maximum Gasteiger partial charge on any atom is 0.416 e. The molecule has 0 aliphatic heterocycles. The number of benzene rings is 3. The molecule has 43 heavy (non-hydrogen) atoms. The van der Waals surface area contributed by atoms with Crippen molar-refractivity contribution in [1.82, 2.24) is 4.98 Å². The van der Waals surface area contributed by atoms with Gasteiger partial charge in [0.1, 0.15) is 22.9 Å². The van der Waals surface area contributed by atoms with E-state index in [-0.39, 0.29) is 23.6 Å². The number of esters is 1. The van der Waals surface area contributed by atoms with Gasteiger partial charge < -0.3 is 14.3 Å². The number of carbonyl (C=O) groups excluding carboxylic acids is 1. The number of rotatable bonds is 6. The van der Waals surface area contributed by atoms with Crippen molar-refractivity contribution in [3.05, 3.63) is 105 Å². The number of phenols is 1. The molecule has 0 aliphatic carbocycles. The molecule has 0 saturated heterocycles. The van der Waals surface area contributed by atoms with Crippen molar-refractivity contribution in [2.75, 3.05) is 6.61 Å². The summed E-state index contributed by atoms with van der Waals surface area (Å²) in [6.45, 7) is 13.2. The van der Waals surface area contributed by atoms with Gasteiger partial charge in [-0.1, -0.05) is 77.9 Å². The fraction of sp³-hybridized carbons (Fsp3) is 0.382. The predicted octanol–water partition coefficient (Wildman–Crippen LogP) is 7.99. The van der Waals surface area contributed by atoms with Crippen molar-refractivity contribution in [3.8, 4) is 5.75 Å². The van der Waals surface area contributed by atoms with Crippen LogP contribution in [-0.2, 0) is 26.5 Å². The number of carbonyl (C=O) groups is 1. The third kappa shape index (κ3) is 6.60. The number of halogens is 3. The van der Waals surface area contributed by atoms with Crippen LogP contribution in [0.4, 0.5) is 13.2 Å². The highest BCUT2D eigenvalue weighted by Gasteiger charge is 2.40. The molecule has 0 bridgehead atoms. The molecule has 3 aromatic carbocycles. The Kier molecular flexibility index (Phi) is 8.51. The van der Waals surface area contributed by atoms with Gasteiger partial charge >= 0.3 is 17.8 Å². The summed E-state index contributed by atoms with van der Waals surface area (Å²) in [6.07, 6.45) is -4.58. The first-order valence-electron chi connectivity index (χ1n) is 14.0. The van der Waals surface area contributed by atoms with Gasteiger partial charge in [0.15, 0.2) is 5.58 Å². The van der Waals surface area contributed by atoms with Crippen LogP contribution in [0.3, 0.4) is 0 Å². The van der Waals surface area contributed by atoms with Crippen LogP contribution >= 0.6 is 0 Å². The highest BCUT2D eigenvalue weighted by molar-refractivity contribution is 5.81. The lowest BCUT2D eigenvalue weighted by Crippen LogP contribution is -2.30. The highest BCUT2D eigenvalue weighted by Crippen LogP contribution is 2.46. The van der Waals surface area contributed by atoms with Gasteiger partial charge in [-0.25, -0.2) is 9.78 Å². The van der Waals surface area contributed by atoms with E-state index < -0.39 is 46.0 Å². The third-order valence-electron chi connectivity index (χ3n) is 7.39. The van der Waals surface area contributed by atoms with Gasteiger partial charge in [-0.2, -0.15) is 13.2 Å². The summed E-state index contributed by atoms with van der Waals surface area (Å²) >= 11 is 0. The minimum Gasteiger partial charge on any atom is -0.507 e. The zero-order chi connectivity index (χ0) is 31.9. The third-order valence-corrected chi connectivity index (χ3v) is 7.39. The maximum atomic E-state index is 13.8. The SMILES string of the molecule is CCOC(=O)C(c1nc2ccccc2oc1=O)C(c1ccc(C(F)(F)F)cc1)c1cc(C(C)(C)C)c(O)c(C(C)(C)C)c1. The monoisotopic (exact) mass is 595 g/mol. The van der Waals surface area contributed by atoms with E-state index in [4.69, 9.17) is 9.15 Å². The lowest BCUT2D eigenvalue weighted by molar-refractivity contribution is -0.145. The van der Waals surface area contributed by atoms with Crippen molar-refractivity contribution in [2.45, 2.75) is 77.3 Å². The van der Waals surface area contributed by atoms with Crippen molar-refractivity contribution >= 4 is 17.1 Å². The van der Waals surface area contributed by atoms with Gasteiger partial charge in [0.25, 0.3) is 0 Å². The van der Waals surface area contributed by atoms with E-state index >= 15 is 0 Å². The number of hydrogen-bond donors (Lipinski definition) is 1. The summed E-state index contributed by atoms with van der Waals surface area (Å²) in [5.41, 5.74) is -0.526. The van der Waals surface area contributed by atoms with Gasteiger partial charge in [-0.15, -0.1) is 0 Å². The summed E-state index contributed by atoms with van der Waals surface area (Å²) in [5, 5.41) is 11.4. The molecule has 0 saturated carbocycles. The molecule has 228 valence electrons. The zero-order valence-corrected chi connectivity index (χ0v) is 25.3. The predicted molar refractivity (Wildman–Crippen MR) is 158 cm³/mol. The number of para-hydroxylation sites is 2. The van der Waals surface area contributed by atoms with E-state index in [9.17, 15) is 27.9 Å². The molecule has 0 fully saturated rings. The maximum absolute atomic E-state index is 13.8. The first kappa shape index (κ1) is 31.8. The molecule has 2 atom stereocenters. The van der Waals surface area contributed by atoms with E-state index in [1.165, 1.54) is 12.1 Å². The highest BCUT2D eigenvalue weighted by atomic mass is 19.4. The number of hydrogen-bond acceptors (Lipinski definition) is 6. The molecule has 4 rings (SSSR count). The Bertz CT molecular complexity index is 1660. The normalized spacial score (nSPS) is 14.0. The van der Waals surface area contributed by atoms with Gasteiger partial charge in [0, 0.05) is 5.92 Å². The Morgan fingerprint density at radius 3 is 1.98 bits per heavy atom. The number of aromatic hydroxyl groups is 1. The summed E-state index contributed by atoms with van der Waals surface area (Å²) < 4.78 is 51.6. The van der Waals surface area contributed by atoms with Crippen LogP contribution in [0.1, 0.15) is 93.8 Å². The van der Waals surface area contributed by atoms with Gasteiger partial charge in [-0.3, -0.25) is 4.79 Å². The Morgan fingerprint density at radius 1 is 0.907 bits per heavy atom. The van der Waals surface area contributed by atoms with Crippen LogP contribution in [-0.4, -0.2) is 22.7 Å². The minimum absolute atomic E-state index is 0.00988. The van der Waals surface area contributed by atoms with E-state index in [2.05, 4.69) is 4.98 Å². The number of nitrogens with zero attached hydrogens (tertiary/aromatic N) is 1. The molecular formula is C34H36F3NO5. The summed E-state index contributed by atoms with van der Waals surface area (Å²) in [6, 6.07) is 14.5. The van der Waals surface area contributed by atoms with Gasteiger partial charge in [0.05, 0.1) is 12.2 Å². The Labute approximate surface area is 248 Å². The lowest BCUT2D eigenvalue weighted by Gasteiger charge is -2.32. The minimum atomic E-state index is -4.58. The number of alkyl halides is 3. The largest absolute Gasteiger partial charge is 0.507 e. The van der Waals surface area contributed by atoms with Gasteiger partial charge in [-0.05, 0) is 64.3 Å². The molecule has 1 N–H and O–H groups in total. The first-order chi connectivity index (χ1) is 19.9. The van der Waals surface area contributed by atoms with E-state index in [0.29, 0.717) is 27.8 Å². The van der Waals surface area contributed by atoms with Gasteiger partial charge in [0.2, 0.25) is 0 Å². The molecule has 2 unspecified atom stereocenters. The molecule has 0 radical (unpaired) electrons. The van der Waals surface area contributed by atoms with Crippen LogP contribution in [0.5, 0.6) is 5.75 Å². The fourth-order valence-corrected chi connectivity index (χ4v) is 5.23. The van der Waals surface area contributed by atoms with E-state index in [1.54, 1.807) is 43.3 Å². The van der Waals surface area contributed by atoms with Crippen LogP contribution in [0.15, 0.2) is 69.9 Å². The quantitative estimate of drug-likeness (QED) is 0.227. The first-order valence-corrected chi connectivity index (χ1v) is 14.0. The second-order valence-electron chi connectivity index (χ2n) is 12.6. The standard InChI is InChI=1S/C34H36F3NO5/c1-8-42-30(40)27(28-31(41)43-25-12-10-9-11-24(25)38-28)26(19-13-15-21(16-14-19)34(35,36)37)20-17-22(32(2,3)4)29(39)23(18-20)33(5,6)7/h9-18,26-27,39H,8H2,1-7H3. The topological polar surface area (TPSA) is 89.6 Å². The average molecular weight is 596 g/mol. The second-order valence-corrected chi connectivity index (χ2v) is 12.6. The smallest absolute Gasteiger partial charge is 0.416 e. The zero-order valence-electron chi connectivity index (χ0n) is 25.3. The van der Waals surface area contributed by atoms with E-state index in [0.717, 1.165) is 12.1 Å². The summed E-state index contributed by atoms with van der Waals surface area (Å²) in [7, 11) is 0. The summed E-state index contributed by atoms with van der Waals surface area (Å²) in [4.78, 5) is 31.8. The van der Waals surface area contributed by atoms with E-state index in [1.807, 2.05) is 41.5 Å². The van der Waals surface area contributed by atoms with Crippen molar-refractivity contribution < 1.29 is 32.2 Å². The van der Waals surface area contributed by atoms with Crippen LogP contribution in [0.2, 0.25) is 0 Å². The van der Waals surface area contributed by atoms with Crippen molar-refractivity contribution in [1.29, 1.82) is 0 Å². The molecule has 0 aliphatic rings. The van der Waals surface area contributed by atoms with Crippen LogP contribution in [0.25, 0.3) is 11.1 Å². The molecule has 1 aromatic heterocycles. The van der Waals surface area contributed by atoms with Crippen molar-refractivity contribution in [2.24, 2.45) is 0 Å². The molecule has 0 spiro atoms. The summed E-state index contributed by atoms with van der Waals surface area (Å²) in [5.74, 6) is -3.11. The second kappa shape index (κ2) is 11.5. The molecule has 1 heterocycles. The Hall–Kier alpha value is -4.14. The van der Waals surface area contributed by atoms with Crippen LogP contribution in [0, 0.1) is 0 Å². The molecule has 0 amide bonds. The Morgan fingerprint density at radius 2 is 1.47 bits per heavy atom. The lowest BCUT2D eigenvalue weighted by atomic mass is 9.73. The number of fused-ring (bicyclic) bond motifs is 1.